The zero-order valence-electron chi connectivity index (χ0n) is 19.7. The van der Waals surface area contributed by atoms with E-state index in [9.17, 15) is 4.79 Å². The number of carbonyl (C=O) groups is 1. The first-order chi connectivity index (χ1) is 16.5. The van der Waals surface area contributed by atoms with Crippen LogP contribution in [-0.4, -0.2) is 41.6 Å². The smallest absolute Gasteiger partial charge is 0.254 e. The van der Waals surface area contributed by atoms with E-state index in [1.807, 2.05) is 66.4 Å². The van der Waals surface area contributed by atoms with Gasteiger partial charge in [-0.2, -0.15) is 0 Å². The van der Waals surface area contributed by atoms with Gasteiger partial charge < -0.3 is 14.4 Å². The van der Waals surface area contributed by atoms with Gasteiger partial charge >= 0.3 is 0 Å². The predicted molar refractivity (Wildman–Crippen MR) is 135 cm³/mol. The standard InChI is InChI=1S/C29H28N2O3/c1-4-31(17-21-18-33-27-11-7-8-12-28(27)34-21)29(32)24-16-26(22-14-13-19(2)15-20(22)3)30-25-10-6-5-9-23(24)25/h5-16,21H,4,17-18H2,1-3H3/t21-/m1/s1. The molecule has 4 aromatic rings. The Bertz CT molecular complexity index is 1360. The van der Waals surface area contributed by atoms with Gasteiger partial charge in [-0.25, -0.2) is 4.98 Å². The molecular formula is C29H28N2O3. The Morgan fingerprint density at radius 3 is 2.56 bits per heavy atom. The second-order valence-electron chi connectivity index (χ2n) is 8.73. The van der Waals surface area contributed by atoms with E-state index in [2.05, 4.69) is 32.0 Å². The van der Waals surface area contributed by atoms with Gasteiger partial charge in [0.25, 0.3) is 5.91 Å². The van der Waals surface area contributed by atoms with Crippen molar-refractivity contribution < 1.29 is 14.3 Å². The Morgan fingerprint density at radius 1 is 1.00 bits per heavy atom. The van der Waals surface area contributed by atoms with Crippen molar-refractivity contribution in [3.05, 3.63) is 89.5 Å². The van der Waals surface area contributed by atoms with Gasteiger partial charge in [-0.1, -0.05) is 54.1 Å². The average molecular weight is 453 g/mol. The highest BCUT2D eigenvalue weighted by atomic mass is 16.6. The van der Waals surface area contributed by atoms with Crippen molar-refractivity contribution >= 4 is 16.8 Å². The first-order valence-corrected chi connectivity index (χ1v) is 11.7. The molecule has 0 saturated carbocycles. The fraction of sp³-hybridized carbons (Fsp3) is 0.241. The van der Waals surface area contributed by atoms with Gasteiger partial charge in [-0.3, -0.25) is 4.79 Å². The highest BCUT2D eigenvalue weighted by Crippen LogP contribution is 2.32. The van der Waals surface area contributed by atoms with Crippen LogP contribution >= 0.6 is 0 Å². The van der Waals surface area contributed by atoms with E-state index in [0.29, 0.717) is 31.0 Å². The minimum Gasteiger partial charge on any atom is -0.486 e. The van der Waals surface area contributed by atoms with Crippen LogP contribution in [0.5, 0.6) is 11.5 Å². The van der Waals surface area contributed by atoms with E-state index in [-0.39, 0.29) is 12.0 Å². The summed E-state index contributed by atoms with van der Waals surface area (Å²) in [6.45, 7) is 7.57. The van der Waals surface area contributed by atoms with Gasteiger partial charge in [0.1, 0.15) is 6.61 Å². The highest BCUT2D eigenvalue weighted by Gasteiger charge is 2.26. The fourth-order valence-electron chi connectivity index (χ4n) is 4.52. The lowest BCUT2D eigenvalue weighted by Crippen LogP contribution is -2.43. The largest absolute Gasteiger partial charge is 0.486 e. The Balaban J connectivity index is 1.49. The molecule has 1 aromatic heterocycles. The van der Waals surface area contributed by atoms with Crippen LogP contribution in [0.15, 0.2) is 72.8 Å². The van der Waals surface area contributed by atoms with E-state index in [1.54, 1.807) is 0 Å². The van der Waals surface area contributed by atoms with Crippen LogP contribution in [0.2, 0.25) is 0 Å². The Labute approximate surface area is 200 Å². The molecule has 0 saturated heterocycles. The number of benzene rings is 3. The van der Waals surface area contributed by atoms with E-state index < -0.39 is 0 Å². The molecule has 0 radical (unpaired) electrons. The quantitative estimate of drug-likeness (QED) is 0.383. The normalized spacial score (nSPS) is 14.7. The maximum atomic E-state index is 13.8. The predicted octanol–water partition coefficient (Wildman–Crippen LogP) is 5.82. The summed E-state index contributed by atoms with van der Waals surface area (Å²) < 4.78 is 12.0. The van der Waals surface area contributed by atoms with Crippen LogP contribution in [0, 0.1) is 13.8 Å². The first kappa shape index (κ1) is 22.0. The number of rotatable bonds is 5. The summed E-state index contributed by atoms with van der Waals surface area (Å²) >= 11 is 0. The topological polar surface area (TPSA) is 51.7 Å². The number of hydrogen-bond acceptors (Lipinski definition) is 4. The third-order valence-electron chi connectivity index (χ3n) is 6.26. The van der Waals surface area contributed by atoms with Crippen LogP contribution in [-0.2, 0) is 0 Å². The number of pyridine rings is 1. The lowest BCUT2D eigenvalue weighted by atomic mass is 9.99. The van der Waals surface area contributed by atoms with Crippen LogP contribution < -0.4 is 9.47 Å². The van der Waals surface area contributed by atoms with Crippen molar-refractivity contribution in [2.45, 2.75) is 26.9 Å². The SMILES string of the molecule is CCN(C[C@@H]1COc2ccccc2O1)C(=O)c1cc(-c2ccc(C)cc2C)nc2ccccc12. The number of amides is 1. The molecule has 1 atom stereocenters. The van der Waals surface area contributed by atoms with Crippen LogP contribution in [0.3, 0.4) is 0 Å². The van der Waals surface area contributed by atoms with Gasteiger partial charge in [-0.15, -0.1) is 0 Å². The van der Waals surface area contributed by atoms with E-state index in [1.165, 1.54) is 5.56 Å². The second-order valence-corrected chi connectivity index (χ2v) is 8.73. The average Bonchev–Trinajstić information content (AvgIpc) is 2.86. The molecule has 2 heterocycles. The van der Waals surface area contributed by atoms with E-state index in [4.69, 9.17) is 14.5 Å². The minimum atomic E-state index is -0.231. The lowest BCUT2D eigenvalue weighted by molar-refractivity contribution is 0.0476. The fourth-order valence-corrected chi connectivity index (χ4v) is 4.52. The molecule has 5 rings (SSSR count). The molecule has 1 aliphatic rings. The van der Waals surface area contributed by atoms with Crippen LogP contribution in [0.1, 0.15) is 28.4 Å². The molecule has 0 N–H and O–H groups in total. The number of ether oxygens (including phenoxy) is 2. The number of likely N-dealkylation sites (N-methyl/N-ethyl adjacent to an activating group) is 1. The molecule has 0 spiro atoms. The number of aryl methyl sites for hydroxylation is 2. The third kappa shape index (κ3) is 4.21. The van der Waals surface area contributed by atoms with Crippen molar-refractivity contribution in [3.63, 3.8) is 0 Å². The van der Waals surface area contributed by atoms with E-state index in [0.717, 1.165) is 33.5 Å². The van der Waals surface area contributed by atoms with Gasteiger partial charge in [0.2, 0.25) is 0 Å². The van der Waals surface area contributed by atoms with Gasteiger partial charge in [-0.05, 0) is 50.6 Å². The lowest BCUT2D eigenvalue weighted by Gasteiger charge is -2.31. The van der Waals surface area contributed by atoms with Gasteiger partial charge in [0.05, 0.1) is 23.3 Å². The summed E-state index contributed by atoms with van der Waals surface area (Å²) in [6, 6.07) is 23.7. The third-order valence-corrected chi connectivity index (χ3v) is 6.26. The molecule has 3 aromatic carbocycles. The van der Waals surface area contributed by atoms with Crippen molar-refractivity contribution in [2.24, 2.45) is 0 Å². The number of hydrogen-bond donors (Lipinski definition) is 0. The molecule has 0 fully saturated rings. The number of aromatic nitrogens is 1. The number of para-hydroxylation sites is 3. The van der Waals surface area contributed by atoms with Crippen molar-refractivity contribution in [3.8, 4) is 22.8 Å². The van der Waals surface area contributed by atoms with Gasteiger partial charge in [0, 0.05) is 17.5 Å². The van der Waals surface area contributed by atoms with Crippen molar-refractivity contribution in [1.82, 2.24) is 9.88 Å². The number of carbonyl (C=O) groups excluding carboxylic acids is 1. The summed E-state index contributed by atoms with van der Waals surface area (Å²) in [6.07, 6.45) is -0.231. The zero-order valence-corrected chi connectivity index (χ0v) is 19.7. The molecule has 0 unspecified atom stereocenters. The zero-order chi connectivity index (χ0) is 23.7. The van der Waals surface area contributed by atoms with E-state index >= 15 is 0 Å². The monoisotopic (exact) mass is 452 g/mol. The molecule has 5 nitrogen and oxygen atoms in total. The van der Waals surface area contributed by atoms with Crippen molar-refractivity contribution in [2.75, 3.05) is 19.7 Å². The number of nitrogens with zero attached hydrogens (tertiary/aromatic N) is 2. The Hall–Kier alpha value is -3.86. The summed E-state index contributed by atoms with van der Waals surface area (Å²) in [4.78, 5) is 20.6. The minimum absolute atomic E-state index is 0.0328. The van der Waals surface area contributed by atoms with Crippen LogP contribution in [0.4, 0.5) is 0 Å². The first-order valence-electron chi connectivity index (χ1n) is 11.7. The molecule has 34 heavy (non-hydrogen) atoms. The maximum Gasteiger partial charge on any atom is 0.254 e. The summed E-state index contributed by atoms with van der Waals surface area (Å²) in [5.41, 5.74) is 5.65. The summed E-state index contributed by atoms with van der Waals surface area (Å²) in [7, 11) is 0. The van der Waals surface area contributed by atoms with Gasteiger partial charge in [0.15, 0.2) is 17.6 Å². The number of fused-ring (bicyclic) bond motifs is 2. The molecule has 172 valence electrons. The molecule has 1 amide bonds. The summed E-state index contributed by atoms with van der Waals surface area (Å²) in [5, 5.41) is 0.852. The van der Waals surface area contributed by atoms with Crippen molar-refractivity contribution in [1.29, 1.82) is 0 Å². The van der Waals surface area contributed by atoms with Crippen LogP contribution in [0.25, 0.3) is 22.2 Å². The molecule has 1 aliphatic heterocycles. The molecule has 0 bridgehead atoms. The molecule has 0 aliphatic carbocycles. The Morgan fingerprint density at radius 2 is 1.76 bits per heavy atom. The molecular weight excluding hydrogens is 424 g/mol. The Kier molecular flexibility index (Phi) is 5.93. The maximum absolute atomic E-state index is 13.8. The second kappa shape index (κ2) is 9.18. The highest BCUT2D eigenvalue weighted by molar-refractivity contribution is 6.07. The molecule has 5 heteroatoms. The summed E-state index contributed by atoms with van der Waals surface area (Å²) in [5.74, 6) is 1.43.